The smallest absolute Gasteiger partial charge is 0.338 e. The maximum atomic E-state index is 12.6. The van der Waals surface area contributed by atoms with Crippen LogP contribution in [0, 0.1) is 6.92 Å². The third kappa shape index (κ3) is 5.52. The molecule has 9 heteroatoms. The molecule has 2 aliphatic rings. The van der Waals surface area contributed by atoms with Crippen LogP contribution in [0.15, 0.2) is 66.9 Å². The molecule has 0 radical (unpaired) electrons. The second kappa shape index (κ2) is 10.9. The average molecular weight is 541 g/mol. The van der Waals surface area contributed by atoms with E-state index in [1.54, 1.807) is 16.6 Å². The number of pyridine rings is 1. The van der Waals surface area contributed by atoms with Crippen molar-refractivity contribution in [3.63, 3.8) is 0 Å². The van der Waals surface area contributed by atoms with E-state index in [2.05, 4.69) is 52.4 Å². The third-order valence-corrected chi connectivity index (χ3v) is 8.18. The number of benzene rings is 2. The molecular weight excluding hydrogens is 504 g/mol. The van der Waals surface area contributed by atoms with Gasteiger partial charge in [-0.1, -0.05) is 29.8 Å². The number of ether oxygens (including phenoxy) is 1. The molecule has 4 aromatic rings. The minimum atomic E-state index is -0.818. The molecule has 0 unspecified atom stereocenters. The summed E-state index contributed by atoms with van der Waals surface area (Å²) in [6, 6.07) is 19.4. The van der Waals surface area contributed by atoms with Gasteiger partial charge in [0, 0.05) is 38.1 Å². The Morgan fingerprint density at radius 3 is 2.40 bits per heavy atom. The van der Waals surface area contributed by atoms with Crippen LogP contribution in [0.1, 0.15) is 47.2 Å². The van der Waals surface area contributed by atoms with E-state index in [4.69, 9.17) is 9.72 Å². The van der Waals surface area contributed by atoms with Crippen LogP contribution in [-0.4, -0.2) is 69.9 Å². The molecule has 2 aromatic heterocycles. The van der Waals surface area contributed by atoms with Gasteiger partial charge in [0.25, 0.3) is 0 Å². The number of fused-ring (bicyclic) bond motifs is 1. The number of rotatable bonds is 6. The number of aliphatic hydroxyl groups is 1. The highest BCUT2D eigenvalue weighted by atomic mass is 16.5. The second-order valence-corrected chi connectivity index (χ2v) is 11.1. The largest absolute Gasteiger partial charge is 0.459 e. The number of aromatic nitrogens is 3. The quantitative estimate of drug-likeness (QED) is 0.345. The minimum Gasteiger partial charge on any atom is -0.459 e. The molecule has 2 fully saturated rings. The number of esters is 1. The Labute approximate surface area is 234 Å². The van der Waals surface area contributed by atoms with Crippen LogP contribution < -0.4 is 10.2 Å². The first-order chi connectivity index (χ1) is 19.4. The van der Waals surface area contributed by atoms with E-state index in [0.29, 0.717) is 24.4 Å². The fourth-order valence-electron chi connectivity index (χ4n) is 5.60. The Morgan fingerprint density at radius 1 is 1.00 bits per heavy atom. The molecule has 2 aromatic carbocycles. The van der Waals surface area contributed by atoms with Gasteiger partial charge in [-0.2, -0.15) is 4.98 Å². The van der Waals surface area contributed by atoms with Gasteiger partial charge in [0.2, 0.25) is 5.95 Å². The average Bonchev–Trinajstić information content (AvgIpc) is 3.38. The zero-order chi connectivity index (χ0) is 27.7. The van der Waals surface area contributed by atoms with Crippen molar-refractivity contribution in [2.75, 3.05) is 43.4 Å². The maximum absolute atomic E-state index is 12.6. The molecule has 208 valence electrons. The molecule has 0 bridgehead atoms. The lowest BCUT2D eigenvalue weighted by molar-refractivity contribution is 0.0116. The first-order valence-electron chi connectivity index (χ1n) is 14.0. The summed E-state index contributed by atoms with van der Waals surface area (Å²) < 4.78 is 7.47. The summed E-state index contributed by atoms with van der Waals surface area (Å²) in [6.45, 7) is 5.38. The minimum absolute atomic E-state index is 0.0193. The number of aryl methyl sites for hydroxylation is 1. The number of carbonyl (C=O) groups is 1. The summed E-state index contributed by atoms with van der Waals surface area (Å²) in [4.78, 5) is 21.9. The highest BCUT2D eigenvalue weighted by Crippen LogP contribution is 2.35. The van der Waals surface area contributed by atoms with Crippen molar-refractivity contribution in [1.82, 2.24) is 19.5 Å². The molecule has 6 rings (SSSR count). The Balaban J connectivity index is 1.11. The zero-order valence-corrected chi connectivity index (χ0v) is 23.1. The van der Waals surface area contributed by atoms with E-state index >= 15 is 0 Å². The van der Waals surface area contributed by atoms with Crippen LogP contribution in [0.25, 0.3) is 5.65 Å². The molecule has 0 amide bonds. The van der Waals surface area contributed by atoms with Crippen LogP contribution in [0.5, 0.6) is 0 Å². The topological polar surface area (TPSA) is 95.2 Å². The van der Waals surface area contributed by atoms with Gasteiger partial charge in [0.05, 0.1) is 16.9 Å². The van der Waals surface area contributed by atoms with Crippen molar-refractivity contribution in [1.29, 1.82) is 0 Å². The van der Waals surface area contributed by atoms with Crippen molar-refractivity contribution in [3.8, 4) is 0 Å². The third-order valence-electron chi connectivity index (χ3n) is 8.18. The van der Waals surface area contributed by atoms with Gasteiger partial charge >= 0.3 is 5.97 Å². The molecule has 2 aliphatic heterocycles. The first kappa shape index (κ1) is 26.3. The molecular formula is C31H36N6O3. The second-order valence-electron chi connectivity index (χ2n) is 11.1. The van der Waals surface area contributed by atoms with Gasteiger partial charge in [0.1, 0.15) is 6.10 Å². The van der Waals surface area contributed by atoms with Gasteiger partial charge in [0.15, 0.2) is 5.65 Å². The first-order valence-corrected chi connectivity index (χ1v) is 14.0. The molecule has 9 nitrogen and oxygen atoms in total. The van der Waals surface area contributed by atoms with Gasteiger partial charge in [-0.3, -0.25) is 0 Å². The summed E-state index contributed by atoms with van der Waals surface area (Å²) >= 11 is 0. The van der Waals surface area contributed by atoms with E-state index in [1.807, 2.05) is 36.5 Å². The summed E-state index contributed by atoms with van der Waals surface area (Å²) in [6.07, 6.45) is 4.88. The van der Waals surface area contributed by atoms with Crippen molar-refractivity contribution in [2.45, 2.75) is 44.3 Å². The number of nitrogens with zero attached hydrogens (tertiary/aromatic N) is 5. The normalized spacial score (nSPS) is 18.1. The van der Waals surface area contributed by atoms with E-state index in [1.165, 1.54) is 5.56 Å². The SMILES string of the molecule is Cc1ccc(C2(O)CCN(c3cccn4nc(Nc5ccc(C(=O)OC6CCN(C)CC6)cc5)nc34)CC2)cc1. The van der Waals surface area contributed by atoms with Crippen molar-refractivity contribution in [2.24, 2.45) is 0 Å². The number of likely N-dealkylation sites (tertiary alicyclic amines) is 1. The Kier molecular flexibility index (Phi) is 7.16. The Hall–Kier alpha value is -3.95. The molecule has 0 aliphatic carbocycles. The van der Waals surface area contributed by atoms with E-state index in [0.717, 1.165) is 61.6 Å². The summed E-state index contributed by atoms with van der Waals surface area (Å²) in [7, 11) is 2.09. The van der Waals surface area contributed by atoms with E-state index in [9.17, 15) is 9.90 Å². The lowest BCUT2D eigenvalue weighted by Gasteiger charge is -2.39. The summed E-state index contributed by atoms with van der Waals surface area (Å²) in [5.74, 6) is 0.190. The van der Waals surface area contributed by atoms with Crippen LogP contribution >= 0.6 is 0 Å². The predicted octanol–water partition coefficient (Wildman–Crippen LogP) is 4.52. The molecule has 4 heterocycles. The molecule has 0 atom stereocenters. The number of hydrogen-bond donors (Lipinski definition) is 2. The predicted molar refractivity (Wildman–Crippen MR) is 155 cm³/mol. The highest BCUT2D eigenvalue weighted by Gasteiger charge is 2.34. The van der Waals surface area contributed by atoms with Crippen LogP contribution in [0.3, 0.4) is 0 Å². The maximum Gasteiger partial charge on any atom is 0.338 e. The monoisotopic (exact) mass is 540 g/mol. The van der Waals surface area contributed by atoms with Gasteiger partial charge in [-0.05, 0) is 81.6 Å². The van der Waals surface area contributed by atoms with E-state index in [-0.39, 0.29) is 12.1 Å². The van der Waals surface area contributed by atoms with Crippen LogP contribution in [-0.2, 0) is 10.3 Å². The summed E-state index contributed by atoms with van der Waals surface area (Å²) in [5.41, 5.74) is 4.41. The van der Waals surface area contributed by atoms with Crippen molar-refractivity contribution >= 4 is 28.9 Å². The van der Waals surface area contributed by atoms with Crippen molar-refractivity contribution in [3.05, 3.63) is 83.6 Å². The van der Waals surface area contributed by atoms with Gasteiger partial charge in [-0.15, -0.1) is 5.10 Å². The number of hydrogen-bond acceptors (Lipinski definition) is 8. The lowest BCUT2D eigenvalue weighted by Crippen LogP contribution is -2.42. The molecule has 0 saturated carbocycles. The fraction of sp³-hybridized carbons (Fsp3) is 0.387. The lowest BCUT2D eigenvalue weighted by atomic mass is 9.84. The number of carbonyl (C=O) groups excluding carboxylic acids is 1. The zero-order valence-electron chi connectivity index (χ0n) is 23.1. The molecule has 0 spiro atoms. The standard InChI is InChI=1S/C31H36N6O3/c1-22-5-9-24(10-6-22)31(39)15-20-36(21-16-31)27-4-3-17-37-28(27)33-30(34-37)32-25-11-7-23(8-12-25)29(38)40-26-13-18-35(2)19-14-26/h3-12,17,26,39H,13-16,18-21H2,1-2H3,(H,32,34). The molecule has 40 heavy (non-hydrogen) atoms. The Morgan fingerprint density at radius 2 is 1.70 bits per heavy atom. The van der Waals surface area contributed by atoms with Crippen molar-refractivity contribution < 1.29 is 14.6 Å². The number of anilines is 3. The molecule has 2 N–H and O–H groups in total. The number of piperidine rings is 2. The van der Waals surface area contributed by atoms with Crippen LogP contribution in [0.4, 0.5) is 17.3 Å². The van der Waals surface area contributed by atoms with Gasteiger partial charge < -0.3 is 25.0 Å². The Bertz CT molecular complexity index is 1470. The fourth-order valence-corrected chi connectivity index (χ4v) is 5.60. The highest BCUT2D eigenvalue weighted by molar-refractivity contribution is 5.90. The van der Waals surface area contributed by atoms with Gasteiger partial charge in [-0.25, -0.2) is 9.31 Å². The number of nitrogens with one attached hydrogen (secondary N) is 1. The van der Waals surface area contributed by atoms with E-state index < -0.39 is 5.60 Å². The van der Waals surface area contributed by atoms with Crippen LogP contribution in [0.2, 0.25) is 0 Å². The molecule has 2 saturated heterocycles. The summed E-state index contributed by atoms with van der Waals surface area (Å²) in [5, 5.41) is 19.2.